The van der Waals surface area contributed by atoms with Crippen LogP contribution in [-0.4, -0.2) is 9.13 Å². The molecule has 5 aromatic carbocycles. The Bertz CT molecular complexity index is 2300. The highest BCUT2D eigenvalue weighted by atomic mass is 35.5. The van der Waals surface area contributed by atoms with Crippen LogP contribution < -0.4 is 5.63 Å². The average Bonchev–Trinajstić information content (AvgIpc) is 3.64. The van der Waals surface area contributed by atoms with E-state index in [9.17, 15) is 4.79 Å². The molecule has 0 radical (unpaired) electrons. The van der Waals surface area contributed by atoms with Crippen molar-refractivity contribution >= 4 is 44.4 Å². The van der Waals surface area contributed by atoms with Gasteiger partial charge < -0.3 is 13.6 Å². The molecule has 4 nitrogen and oxygen atoms in total. The average molecular weight is 619 g/mol. The first kappa shape index (κ1) is 28.2. The summed E-state index contributed by atoms with van der Waals surface area (Å²) in [6.45, 7) is 3.57. The second-order valence-electron chi connectivity index (χ2n) is 12.1. The maximum Gasteiger partial charge on any atom is 0.340 e. The van der Waals surface area contributed by atoms with Crippen molar-refractivity contribution < 1.29 is 4.42 Å². The number of fused-ring (bicyclic) bond motifs is 3. The van der Waals surface area contributed by atoms with Gasteiger partial charge in [-0.1, -0.05) is 109 Å². The number of hydrogen-bond donors (Lipinski definition) is 0. The first-order valence-corrected chi connectivity index (χ1v) is 15.9. The van der Waals surface area contributed by atoms with Crippen molar-refractivity contribution in [2.45, 2.75) is 25.4 Å². The van der Waals surface area contributed by atoms with Crippen molar-refractivity contribution in [1.29, 1.82) is 0 Å². The van der Waals surface area contributed by atoms with Crippen LogP contribution in [0.4, 0.5) is 0 Å². The van der Waals surface area contributed by atoms with Gasteiger partial charge in [-0.3, -0.25) is 0 Å². The largest absolute Gasteiger partial charge is 0.422 e. The Morgan fingerprint density at radius 2 is 1.11 bits per heavy atom. The number of nitrogens with zero attached hydrogens (tertiary/aromatic N) is 2. The fourth-order valence-corrected chi connectivity index (χ4v) is 7.17. The third-order valence-electron chi connectivity index (χ3n) is 9.28. The van der Waals surface area contributed by atoms with Crippen LogP contribution in [0.15, 0.2) is 155 Å². The lowest BCUT2D eigenvalue weighted by atomic mass is 9.71. The monoisotopic (exact) mass is 618 g/mol. The van der Waals surface area contributed by atoms with Crippen LogP contribution in [0, 0.1) is 0 Å². The molecule has 46 heavy (non-hydrogen) atoms. The van der Waals surface area contributed by atoms with Crippen LogP contribution in [-0.2, 0) is 18.5 Å². The summed E-state index contributed by atoms with van der Waals surface area (Å²) in [7, 11) is 0. The lowest BCUT2D eigenvalue weighted by molar-refractivity contribution is 0.529. The molecule has 3 aromatic heterocycles. The summed E-state index contributed by atoms with van der Waals surface area (Å²) in [5, 5.41) is 3.56. The van der Waals surface area contributed by atoms with Crippen molar-refractivity contribution in [2.24, 2.45) is 0 Å². The Kier molecular flexibility index (Phi) is 6.88. The van der Waals surface area contributed by atoms with E-state index in [4.69, 9.17) is 16.0 Å². The quantitative estimate of drug-likeness (QED) is 0.167. The van der Waals surface area contributed by atoms with Crippen molar-refractivity contribution in [2.75, 3.05) is 0 Å². The number of aromatic nitrogens is 2. The number of halogens is 1. The molecule has 0 bridgehead atoms. The molecule has 0 unspecified atom stereocenters. The van der Waals surface area contributed by atoms with Gasteiger partial charge in [0.25, 0.3) is 0 Å². The fraction of sp³-hybridized carbons (Fsp3) is 0.0976. The number of hydrogen-bond acceptors (Lipinski definition) is 2. The van der Waals surface area contributed by atoms with E-state index in [1.807, 2.05) is 24.3 Å². The molecule has 224 valence electrons. The molecular formula is C41H31ClN2O2. The standard InChI is InChI=1S/C41H31ClN2O2/c1-41(34-23-30-22-31(42)20-21-39(30)46-40(34)45,35-26-43(24-28-12-4-2-5-13-28)37-18-10-8-16-32(35)37)36-27-44(25-29-14-6-3-7-15-29)38-19-11-9-17-33(36)38/h2-23,26-27H,24-25H2,1H3. The minimum Gasteiger partial charge on any atom is -0.422 e. The third-order valence-corrected chi connectivity index (χ3v) is 9.51. The molecule has 0 aliphatic heterocycles. The van der Waals surface area contributed by atoms with E-state index in [0.717, 1.165) is 38.3 Å². The summed E-state index contributed by atoms with van der Waals surface area (Å²) in [6, 6.07) is 45.2. The molecule has 5 heteroatoms. The van der Waals surface area contributed by atoms with Gasteiger partial charge in [-0.2, -0.15) is 0 Å². The van der Waals surface area contributed by atoms with Crippen LogP contribution in [0.3, 0.4) is 0 Å². The van der Waals surface area contributed by atoms with E-state index in [-0.39, 0.29) is 5.63 Å². The highest BCUT2D eigenvalue weighted by molar-refractivity contribution is 6.31. The molecule has 0 saturated heterocycles. The van der Waals surface area contributed by atoms with Crippen LogP contribution in [0.2, 0.25) is 5.02 Å². The van der Waals surface area contributed by atoms with Crippen LogP contribution in [0.5, 0.6) is 0 Å². The van der Waals surface area contributed by atoms with Gasteiger partial charge in [-0.15, -0.1) is 0 Å². The molecule has 8 rings (SSSR count). The minimum atomic E-state index is -0.889. The second-order valence-corrected chi connectivity index (χ2v) is 12.5. The molecule has 0 amide bonds. The van der Waals surface area contributed by atoms with Gasteiger partial charge in [0, 0.05) is 57.7 Å². The Morgan fingerprint density at radius 1 is 0.609 bits per heavy atom. The minimum absolute atomic E-state index is 0.364. The van der Waals surface area contributed by atoms with Crippen LogP contribution in [0.25, 0.3) is 32.8 Å². The Morgan fingerprint density at radius 3 is 1.65 bits per heavy atom. The van der Waals surface area contributed by atoms with E-state index < -0.39 is 5.41 Å². The summed E-state index contributed by atoms with van der Waals surface area (Å²) >= 11 is 6.45. The second kappa shape index (κ2) is 11.2. The lowest BCUT2D eigenvalue weighted by Crippen LogP contribution is -2.31. The smallest absolute Gasteiger partial charge is 0.340 e. The van der Waals surface area contributed by atoms with E-state index in [2.05, 4.69) is 126 Å². The number of para-hydroxylation sites is 2. The Hall–Kier alpha value is -5.32. The molecule has 0 saturated carbocycles. The zero-order chi connectivity index (χ0) is 31.3. The van der Waals surface area contributed by atoms with Gasteiger partial charge in [0.1, 0.15) is 5.58 Å². The molecule has 0 atom stereocenters. The van der Waals surface area contributed by atoms with Gasteiger partial charge >= 0.3 is 5.63 Å². The van der Waals surface area contributed by atoms with E-state index in [1.54, 1.807) is 12.1 Å². The first-order chi connectivity index (χ1) is 22.5. The van der Waals surface area contributed by atoms with Gasteiger partial charge in [-0.25, -0.2) is 4.79 Å². The van der Waals surface area contributed by atoms with Crippen molar-refractivity contribution in [3.8, 4) is 0 Å². The number of benzene rings is 5. The molecule has 0 N–H and O–H groups in total. The molecule has 0 aliphatic carbocycles. The van der Waals surface area contributed by atoms with E-state index in [0.29, 0.717) is 29.3 Å². The molecule has 3 heterocycles. The van der Waals surface area contributed by atoms with Gasteiger partial charge in [-0.05, 0) is 65.6 Å². The van der Waals surface area contributed by atoms with Crippen LogP contribution in [0.1, 0.15) is 34.7 Å². The normalized spacial score (nSPS) is 12.0. The molecule has 0 aliphatic rings. The Labute approximate surface area is 271 Å². The van der Waals surface area contributed by atoms with E-state index >= 15 is 0 Å². The summed E-state index contributed by atoms with van der Waals surface area (Å²) in [4.78, 5) is 14.2. The highest BCUT2D eigenvalue weighted by Gasteiger charge is 2.39. The summed E-state index contributed by atoms with van der Waals surface area (Å²) < 4.78 is 10.6. The lowest BCUT2D eigenvalue weighted by Gasteiger charge is -2.29. The summed E-state index contributed by atoms with van der Waals surface area (Å²) in [5.74, 6) is 0. The third kappa shape index (κ3) is 4.74. The molecule has 8 aromatic rings. The Balaban J connectivity index is 1.44. The SMILES string of the molecule is CC(c1cc2cc(Cl)ccc2oc1=O)(c1cn(Cc2ccccc2)c2ccccc12)c1cn(Cc2ccccc2)c2ccccc12. The highest BCUT2D eigenvalue weighted by Crippen LogP contribution is 2.45. The van der Waals surface area contributed by atoms with Crippen molar-refractivity contribution in [1.82, 2.24) is 9.13 Å². The predicted octanol–water partition coefficient (Wildman–Crippen LogP) is 9.81. The maximum absolute atomic E-state index is 14.2. The first-order valence-electron chi connectivity index (χ1n) is 15.5. The zero-order valence-electron chi connectivity index (χ0n) is 25.4. The maximum atomic E-state index is 14.2. The summed E-state index contributed by atoms with van der Waals surface area (Å²) in [5.41, 5.74) is 6.52. The van der Waals surface area contributed by atoms with Gasteiger partial charge in [0.15, 0.2) is 0 Å². The number of rotatable bonds is 7. The van der Waals surface area contributed by atoms with Crippen molar-refractivity contribution in [3.63, 3.8) is 0 Å². The fourth-order valence-electron chi connectivity index (χ4n) is 6.99. The zero-order valence-corrected chi connectivity index (χ0v) is 26.1. The van der Waals surface area contributed by atoms with E-state index in [1.165, 1.54) is 11.1 Å². The van der Waals surface area contributed by atoms with Crippen LogP contribution >= 0.6 is 11.6 Å². The molecular weight excluding hydrogens is 588 g/mol. The predicted molar refractivity (Wildman–Crippen MR) is 188 cm³/mol. The molecule has 0 spiro atoms. The summed E-state index contributed by atoms with van der Waals surface area (Å²) in [6.07, 6.45) is 4.45. The van der Waals surface area contributed by atoms with Gasteiger partial charge in [0.05, 0.1) is 11.0 Å². The topological polar surface area (TPSA) is 40.1 Å². The van der Waals surface area contributed by atoms with Gasteiger partial charge in [0.2, 0.25) is 0 Å². The molecule has 0 fully saturated rings. The van der Waals surface area contributed by atoms with Crippen molar-refractivity contribution in [3.05, 3.63) is 189 Å².